The van der Waals surface area contributed by atoms with E-state index in [1.165, 1.54) is 49.2 Å². The molecule has 0 radical (unpaired) electrons. The van der Waals surface area contributed by atoms with Crippen LogP contribution in [0.2, 0.25) is 0 Å². The first-order chi connectivity index (χ1) is 16.1. The number of pyridine rings is 1. The zero-order valence-electron chi connectivity index (χ0n) is 21.0. The van der Waals surface area contributed by atoms with Gasteiger partial charge in [0.25, 0.3) is 0 Å². The molecule has 1 N–H and O–H groups in total. The number of hydrogen-bond donors (Lipinski definition) is 1. The Hall–Kier alpha value is -1.95. The van der Waals surface area contributed by atoms with Crippen LogP contribution in [-0.4, -0.2) is 61.2 Å². The average molecular weight is 451 g/mol. The van der Waals surface area contributed by atoms with Gasteiger partial charge in [-0.2, -0.15) is 0 Å². The third kappa shape index (κ3) is 5.59. The van der Waals surface area contributed by atoms with Crippen molar-refractivity contribution >= 4 is 0 Å². The van der Waals surface area contributed by atoms with Crippen molar-refractivity contribution in [1.29, 1.82) is 0 Å². The number of nitrogens with zero attached hydrogens (tertiary/aromatic N) is 3. The van der Waals surface area contributed by atoms with Crippen LogP contribution in [0.4, 0.5) is 0 Å². The van der Waals surface area contributed by atoms with Crippen LogP contribution in [0.1, 0.15) is 62.4 Å². The maximum absolute atomic E-state index is 6.63. The fraction of sp³-hybridized carbons (Fsp3) is 0.607. The number of fused-ring (bicyclic) bond motifs is 1. The first-order valence-electron chi connectivity index (χ1n) is 12.9. The SMILES string of the molecule is CC.CN(C)CCCC1c2c(OC3CC4(CNC4)C3)ccnc2CCN1Cc1ccccc1. The lowest BCUT2D eigenvalue weighted by Gasteiger charge is -2.54. The fourth-order valence-electron chi connectivity index (χ4n) is 5.61. The van der Waals surface area contributed by atoms with Gasteiger partial charge in [-0.3, -0.25) is 9.88 Å². The van der Waals surface area contributed by atoms with Crippen LogP contribution >= 0.6 is 0 Å². The van der Waals surface area contributed by atoms with Gasteiger partial charge in [-0.25, -0.2) is 0 Å². The summed E-state index contributed by atoms with van der Waals surface area (Å²) in [5.74, 6) is 1.09. The van der Waals surface area contributed by atoms with E-state index in [9.17, 15) is 0 Å². The Balaban J connectivity index is 0.00000126. The summed E-state index contributed by atoms with van der Waals surface area (Å²) in [6.45, 7) is 9.49. The number of benzene rings is 1. The lowest BCUT2D eigenvalue weighted by Crippen LogP contribution is -2.62. The second-order valence-corrected chi connectivity index (χ2v) is 10.1. The molecule has 3 aliphatic rings. The monoisotopic (exact) mass is 450 g/mol. The van der Waals surface area contributed by atoms with Crippen molar-refractivity contribution in [2.45, 2.75) is 64.6 Å². The normalized spacial score (nSPS) is 21.5. The van der Waals surface area contributed by atoms with Crippen LogP contribution in [0.3, 0.4) is 0 Å². The van der Waals surface area contributed by atoms with Crippen molar-refractivity contribution in [1.82, 2.24) is 20.1 Å². The van der Waals surface area contributed by atoms with Crippen molar-refractivity contribution in [3.8, 4) is 5.75 Å². The van der Waals surface area contributed by atoms with Gasteiger partial charge in [-0.15, -0.1) is 0 Å². The summed E-state index contributed by atoms with van der Waals surface area (Å²) in [5.41, 5.74) is 4.52. The molecule has 1 spiro atoms. The molecule has 1 aromatic carbocycles. The highest BCUT2D eigenvalue weighted by Crippen LogP contribution is 2.47. The van der Waals surface area contributed by atoms with Gasteiger partial charge in [-0.05, 0) is 58.0 Å². The van der Waals surface area contributed by atoms with Gasteiger partial charge in [0.1, 0.15) is 5.75 Å². The summed E-state index contributed by atoms with van der Waals surface area (Å²) >= 11 is 0. The third-order valence-electron chi connectivity index (χ3n) is 7.37. The second-order valence-electron chi connectivity index (χ2n) is 10.1. The van der Waals surface area contributed by atoms with E-state index in [2.05, 4.69) is 65.6 Å². The lowest BCUT2D eigenvalue weighted by atomic mass is 9.63. The van der Waals surface area contributed by atoms with Crippen molar-refractivity contribution in [3.63, 3.8) is 0 Å². The van der Waals surface area contributed by atoms with Gasteiger partial charge in [0.2, 0.25) is 0 Å². The highest BCUT2D eigenvalue weighted by Gasteiger charge is 2.50. The number of ether oxygens (including phenoxy) is 1. The number of rotatable bonds is 8. The summed E-state index contributed by atoms with van der Waals surface area (Å²) < 4.78 is 6.63. The van der Waals surface area contributed by atoms with E-state index in [4.69, 9.17) is 9.72 Å². The Morgan fingerprint density at radius 2 is 1.88 bits per heavy atom. The molecule has 1 saturated heterocycles. The van der Waals surface area contributed by atoms with Crippen LogP contribution in [0, 0.1) is 5.41 Å². The molecule has 5 nitrogen and oxygen atoms in total. The maximum atomic E-state index is 6.63. The zero-order chi connectivity index (χ0) is 23.3. The summed E-state index contributed by atoms with van der Waals surface area (Å²) in [5, 5.41) is 3.43. The molecular formula is C28H42N4O. The molecule has 5 heteroatoms. The molecule has 2 aromatic rings. The predicted molar refractivity (Wildman–Crippen MR) is 136 cm³/mol. The van der Waals surface area contributed by atoms with E-state index in [-0.39, 0.29) is 0 Å². The fourth-order valence-corrected chi connectivity index (χ4v) is 5.61. The number of hydrogen-bond acceptors (Lipinski definition) is 5. The van der Waals surface area contributed by atoms with Crippen LogP contribution in [0.5, 0.6) is 5.75 Å². The molecule has 1 saturated carbocycles. The van der Waals surface area contributed by atoms with E-state index in [1.807, 2.05) is 20.0 Å². The molecule has 1 aromatic heterocycles. The summed E-state index contributed by atoms with van der Waals surface area (Å²) in [7, 11) is 4.32. The average Bonchev–Trinajstić information content (AvgIpc) is 2.77. The van der Waals surface area contributed by atoms with Crippen molar-refractivity contribution in [2.75, 3.05) is 40.3 Å². The highest BCUT2D eigenvalue weighted by molar-refractivity contribution is 5.41. The zero-order valence-corrected chi connectivity index (χ0v) is 21.0. The van der Waals surface area contributed by atoms with Crippen molar-refractivity contribution in [2.24, 2.45) is 5.41 Å². The Kier molecular flexibility index (Phi) is 8.05. The van der Waals surface area contributed by atoms with Crippen LogP contribution in [0.15, 0.2) is 42.6 Å². The van der Waals surface area contributed by atoms with Gasteiger partial charge in [0.15, 0.2) is 0 Å². The molecule has 2 fully saturated rings. The highest BCUT2D eigenvalue weighted by atomic mass is 16.5. The molecule has 1 unspecified atom stereocenters. The third-order valence-corrected chi connectivity index (χ3v) is 7.37. The van der Waals surface area contributed by atoms with Crippen LogP contribution in [0.25, 0.3) is 0 Å². The number of nitrogens with one attached hydrogen (secondary N) is 1. The molecule has 2 aliphatic heterocycles. The van der Waals surface area contributed by atoms with Crippen LogP contribution in [-0.2, 0) is 13.0 Å². The Bertz CT molecular complexity index is 873. The predicted octanol–water partition coefficient (Wildman–Crippen LogP) is 4.68. The molecule has 1 aliphatic carbocycles. The standard InChI is InChI=1S/C26H36N4O.C2H6/c1-29(2)13-6-9-23-25-22(11-14-30(23)17-20-7-4-3-5-8-20)28-12-10-24(25)31-21-15-26(16-21)18-27-19-26;1-2/h3-5,7-8,10,12,21,23,27H,6,9,11,13-19H2,1-2H3;1-2H3. The van der Waals surface area contributed by atoms with E-state index < -0.39 is 0 Å². The van der Waals surface area contributed by atoms with Gasteiger partial charge in [0.05, 0.1) is 11.8 Å². The van der Waals surface area contributed by atoms with E-state index in [0.717, 1.165) is 38.2 Å². The minimum Gasteiger partial charge on any atom is -0.490 e. The summed E-state index contributed by atoms with van der Waals surface area (Å²) in [6.07, 6.45) is 8.01. The van der Waals surface area contributed by atoms with Gasteiger partial charge in [0, 0.05) is 55.8 Å². The Morgan fingerprint density at radius 1 is 1.12 bits per heavy atom. The van der Waals surface area contributed by atoms with E-state index in [0.29, 0.717) is 17.6 Å². The minimum absolute atomic E-state index is 0.362. The molecule has 1 atom stereocenters. The molecule has 180 valence electrons. The van der Waals surface area contributed by atoms with E-state index in [1.54, 1.807) is 0 Å². The second kappa shape index (κ2) is 11.0. The van der Waals surface area contributed by atoms with Crippen LogP contribution < -0.4 is 10.1 Å². The minimum atomic E-state index is 0.362. The largest absolute Gasteiger partial charge is 0.490 e. The molecule has 0 bridgehead atoms. The van der Waals surface area contributed by atoms with Crippen molar-refractivity contribution < 1.29 is 4.74 Å². The smallest absolute Gasteiger partial charge is 0.127 e. The quantitative estimate of drug-likeness (QED) is 0.632. The molecule has 33 heavy (non-hydrogen) atoms. The van der Waals surface area contributed by atoms with E-state index >= 15 is 0 Å². The topological polar surface area (TPSA) is 40.6 Å². The first kappa shape index (κ1) is 24.2. The van der Waals surface area contributed by atoms with Crippen molar-refractivity contribution in [3.05, 3.63) is 59.4 Å². The number of aromatic nitrogens is 1. The first-order valence-corrected chi connectivity index (χ1v) is 12.9. The lowest BCUT2D eigenvalue weighted by molar-refractivity contribution is -0.0506. The Morgan fingerprint density at radius 3 is 2.55 bits per heavy atom. The molecular weight excluding hydrogens is 408 g/mol. The van der Waals surface area contributed by atoms with Gasteiger partial charge < -0.3 is 15.0 Å². The summed E-state index contributed by atoms with van der Waals surface area (Å²) in [4.78, 5) is 9.73. The summed E-state index contributed by atoms with van der Waals surface area (Å²) in [6, 6.07) is 13.4. The molecule has 3 heterocycles. The maximum Gasteiger partial charge on any atom is 0.127 e. The van der Waals surface area contributed by atoms with Gasteiger partial charge in [-0.1, -0.05) is 44.2 Å². The Labute approximate surface area is 200 Å². The molecule has 0 amide bonds. The molecule has 5 rings (SSSR count). The van der Waals surface area contributed by atoms with Gasteiger partial charge >= 0.3 is 0 Å².